The van der Waals surface area contributed by atoms with Crippen LogP contribution in [0.15, 0.2) is 18.2 Å². The number of benzene rings is 1. The Labute approximate surface area is 98.5 Å². The standard InChI is InChI=1S/C12H14FNO3/c1-7-3-4-9(5-10(7)13)11(6-12(16)17)14-8(2)15/h3-5,11H,6H2,1-2H3,(H,14,15)(H,16,17)/t11-/m0/s1. The summed E-state index contributed by atoms with van der Waals surface area (Å²) in [5.74, 6) is -1.81. The predicted octanol–water partition coefficient (Wildman–Crippen LogP) is 1.79. The molecule has 0 saturated carbocycles. The van der Waals surface area contributed by atoms with Gasteiger partial charge >= 0.3 is 5.97 Å². The number of hydrogen-bond acceptors (Lipinski definition) is 2. The quantitative estimate of drug-likeness (QED) is 0.841. The maximum absolute atomic E-state index is 13.4. The summed E-state index contributed by atoms with van der Waals surface area (Å²) in [7, 11) is 0. The third-order valence-electron chi connectivity index (χ3n) is 2.35. The summed E-state index contributed by atoms with van der Waals surface area (Å²) in [6.45, 7) is 2.91. The van der Waals surface area contributed by atoms with Crippen molar-refractivity contribution in [2.45, 2.75) is 26.3 Å². The highest BCUT2D eigenvalue weighted by Gasteiger charge is 2.17. The van der Waals surface area contributed by atoms with Gasteiger partial charge in [-0.15, -0.1) is 0 Å². The van der Waals surface area contributed by atoms with E-state index in [1.165, 1.54) is 13.0 Å². The van der Waals surface area contributed by atoms with Crippen LogP contribution < -0.4 is 5.32 Å². The highest BCUT2D eigenvalue weighted by atomic mass is 19.1. The first kappa shape index (κ1) is 13.2. The van der Waals surface area contributed by atoms with Crippen LogP contribution in [0.5, 0.6) is 0 Å². The molecule has 0 aromatic heterocycles. The molecule has 17 heavy (non-hydrogen) atoms. The fraction of sp³-hybridized carbons (Fsp3) is 0.333. The molecule has 0 bridgehead atoms. The van der Waals surface area contributed by atoms with E-state index in [4.69, 9.17) is 5.11 Å². The molecule has 0 aliphatic rings. The van der Waals surface area contributed by atoms with E-state index in [0.29, 0.717) is 11.1 Å². The predicted molar refractivity (Wildman–Crippen MR) is 59.9 cm³/mol. The highest BCUT2D eigenvalue weighted by Crippen LogP contribution is 2.19. The van der Waals surface area contributed by atoms with Crippen molar-refractivity contribution in [1.29, 1.82) is 0 Å². The first-order chi connectivity index (χ1) is 7.90. The van der Waals surface area contributed by atoms with Crippen LogP contribution in [0.1, 0.15) is 30.5 Å². The van der Waals surface area contributed by atoms with Crippen LogP contribution in [-0.4, -0.2) is 17.0 Å². The van der Waals surface area contributed by atoms with Gasteiger partial charge in [0.2, 0.25) is 5.91 Å². The van der Waals surface area contributed by atoms with Crippen molar-refractivity contribution in [3.05, 3.63) is 35.1 Å². The summed E-state index contributed by atoms with van der Waals surface area (Å²) in [5, 5.41) is 11.2. The molecule has 0 unspecified atom stereocenters. The molecule has 0 aliphatic heterocycles. The molecule has 1 atom stereocenters. The molecule has 92 valence electrons. The van der Waals surface area contributed by atoms with Crippen molar-refractivity contribution in [1.82, 2.24) is 5.32 Å². The fourth-order valence-corrected chi connectivity index (χ4v) is 1.50. The van der Waals surface area contributed by atoms with Gasteiger partial charge in [0.1, 0.15) is 5.82 Å². The number of carboxylic acid groups (broad SMARTS) is 1. The van der Waals surface area contributed by atoms with Gasteiger partial charge in [-0.1, -0.05) is 12.1 Å². The Balaban J connectivity index is 2.98. The Morgan fingerprint density at radius 3 is 2.59 bits per heavy atom. The molecule has 1 rings (SSSR count). The van der Waals surface area contributed by atoms with Gasteiger partial charge in [0, 0.05) is 6.92 Å². The molecule has 1 aromatic rings. The van der Waals surface area contributed by atoms with Crippen molar-refractivity contribution < 1.29 is 19.1 Å². The van der Waals surface area contributed by atoms with Crippen LogP contribution in [0.3, 0.4) is 0 Å². The Morgan fingerprint density at radius 2 is 2.12 bits per heavy atom. The number of rotatable bonds is 4. The number of carbonyl (C=O) groups excluding carboxylic acids is 1. The van der Waals surface area contributed by atoms with Crippen LogP contribution in [0.2, 0.25) is 0 Å². The van der Waals surface area contributed by atoms with Gasteiger partial charge in [0.05, 0.1) is 12.5 Å². The third kappa shape index (κ3) is 3.86. The SMILES string of the molecule is CC(=O)N[C@@H](CC(=O)O)c1ccc(C)c(F)c1. The average Bonchev–Trinajstić information content (AvgIpc) is 2.19. The Bertz CT molecular complexity index is 429. The van der Waals surface area contributed by atoms with E-state index < -0.39 is 17.8 Å². The minimum absolute atomic E-state index is 0.276. The number of carboxylic acids is 1. The lowest BCUT2D eigenvalue weighted by Gasteiger charge is -2.16. The second kappa shape index (κ2) is 5.43. The maximum Gasteiger partial charge on any atom is 0.305 e. The number of amides is 1. The van der Waals surface area contributed by atoms with Crippen LogP contribution in [-0.2, 0) is 9.59 Å². The van der Waals surface area contributed by atoms with Crippen LogP contribution in [0, 0.1) is 12.7 Å². The van der Waals surface area contributed by atoms with E-state index in [-0.39, 0.29) is 12.3 Å². The van der Waals surface area contributed by atoms with E-state index in [1.54, 1.807) is 19.1 Å². The second-order valence-electron chi connectivity index (χ2n) is 3.86. The third-order valence-corrected chi connectivity index (χ3v) is 2.35. The summed E-state index contributed by atoms with van der Waals surface area (Å²) in [5.41, 5.74) is 0.927. The molecular formula is C12H14FNO3. The van der Waals surface area contributed by atoms with Gasteiger partial charge in [0.15, 0.2) is 0 Å². The minimum Gasteiger partial charge on any atom is -0.481 e. The van der Waals surface area contributed by atoms with E-state index in [1.807, 2.05) is 0 Å². The van der Waals surface area contributed by atoms with Crippen molar-refractivity contribution in [3.63, 3.8) is 0 Å². The first-order valence-corrected chi connectivity index (χ1v) is 5.15. The molecule has 0 aliphatic carbocycles. The molecule has 5 heteroatoms. The maximum atomic E-state index is 13.4. The first-order valence-electron chi connectivity index (χ1n) is 5.15. The van der Waals surface area contributed by atoms with E-state index >= 15 is 0 Å². The zero-order valence-corrected chi connectivity index (χ0v) is 9.66. The Kier molecular flexibility index (Phi) is 4.20. The van der Waals surface area contributed by atoms with Crippen molar-refractivity contribution >= 4 is 11.9 Å². The summed E-state index contributed by atoms with van der Waals surface area (Å²) in [6, 6.07) is 3.71. The van der Waals surface area contributed by atoms with E-state index in [0.717, 1.165) is 0 Å². The number of carbonyl (C=O) groups is 2. The van der Waals surface area contributed by atoms with Crippen molar-refractivity contribution in [2.24, 2.45) is 0 Å². The monoisotopic (exact) mass is 239 g/mol. The zero-order valence-electron chi connectivity index (χ0n) is 9.66. The molecule has 1 aromatic carbocycles. The number of aliphatic carboxylic acids is 1. The molecule has 0 fully saturated rings. The van der Waals surface area contributed by atoms with E-state index in [9.17, 15) is 14.0 Å². The normalized spacial score (nSPS) is 11.9. The molecule has 0 radical (unpaired) electrons. The summed E-state index contributed by atoms with van der Waals surface area (Å²) in [4.78, 5) is 21.6. The van der Waals surface area contributed by atoms with Gasteiger partial charge in [-0.3, -0.25) is 9.59 Å². The van der Waals surface area contributed by atoms with Crippen molar-refractivity contribution in [2.75, 3.05) is 0 Å². The largest absolute Gasteiger partial charge is 0.481 e. The van der Waals surface area contributed by atoms with Gasteiger partial charge in [-0.25, -0.2) is 4.39 Å². The summed E-state index contributed by atoms with van der Waals surface area (Å²) >= 11 is 0. The Morgan fingerprint density at radius 1 is 1.47 bits per heavy atom. The second-order valence-corrected chi connectivity index (χ2v) is 3.86. The molecular weight excluding hydrogens is 225 g/mol. The van der Waals surface area contributed by atoms with E-state index in [2.05, 4.69) is 5.32 Å². The lowest BCUT2D eigenvalue weighted by molar-refractivity contribution is -0.137. The van der Waals surface area contributed by atoms with Gasteiger partial charge in [-0.2, -0.15) is 0 Å². The molecule has 0 saturated heterocycles. The minimum atomic E-state index is -1.05. The van der Waals surface area contributed by atoms with Crippen LogP contribution >= 0.6 is 0 Å². The molecule has 0 heterocycles. The number of aryl methyl sites for hydroxylation is 1. The number of hydrogen-bond donors (Lipinski definition) is 2. The van der Waals surface area contributed by atoms with Gasteiger partial charge in [-0.05, 0) is 24.1 Å². The zero-order chi connectivity index (χ0) is 13.0. The molecule has 4 nitrogen and oxygen atoms in total. The fourth-order valence-electron chi connectivity index (χ4n) is 1.50. The summed E-state index contributed by atoms with van der Waals surface area (Å²) in [6.07, 6.45) is -0.276. The van der Waals surface area contributed by atoms with Crippen molar-refractivity contribution in [3.8, 4) is 0 Å². The number of nitrogens with one attached hydrogen (secondary N) is 1. The highest BCUT2D eigenvalue weighted by molar-refractivity contribution is 5.75. The number of halogens is 1. The van der Waals surface area contributed by atoms with Crippen LogP contribution in [0.25, 0.3) is 0 Å². The lowest BCUT2D eigenvalue weighted by Crippen LogP contribution is -2.28. The smallest absolute Gasteiger partial charge is 0.305 e. The summed E-state index contributed by atoms with van der Waals surface area (Å²) < 4.78 is 13.4. The topological polar surface area (TPSA) is 66.4 Å². The average molecular weight is 239 g/mol. The van der Waals surface area contributed by atoms with Gasteiger partial charge in [0.25, 0.3) is 0 Å². The molecule has 1 amide bonds. The Hall–Kier alpha value is -1.91. The molecule has 0 spiro atoms. The van der Waals surface area contributed by atoms with Gasteiger partial charge < -0.3 is 10.4 Å². The lowest BCUT2D eigenvalue weighted by atomic mass is 10.0. The molecule has 2 N–H and O–H groups in total. The van der Waals surface area contributed by atoms with Crippen LogP contribution in [0.4, 0.5) is 4.39 Å².